The fourth-order valence-electron chi connectivity index (χ4n) is 1.84. The van der Waals surface area contributed by atoms with Crippen LogP contribution < -0.4 is 15.5 Å². The van der Waals surface area contributed by atoms with Crippen molar-refractivity contribution in [2.45, 2.75) is 6.92 Å². The number of carbonyl (C=O) groups excluding carboxylic acids is 1. The molecule has 126 valence electrons. The standard InChI is InChI=1S/C17H17Br2N3O2/c1-2-24-14-6-3-12(4-7-14)10-21-22-17(23)11-20-16-8-5-13(18)9-15(16)19/h3-10,20H,2,11H2,1H3,(H,22,23)/b21-10+. The third kappa shape index (κ3) is 5.98. The van der Waals surface area contributed by atoms with Gasteiger partial charge in [0, 0.05) is 14.6 Å². The molecule has 0 aliphatic heterocycles. The Labute approximate surface area is 157 Å². The van der Waals surface area contributed by atoms with E-state index < -0.39 is 0 Å². The number of anilines is 1. The summed E-state index contributed by atoms with van der Waals surface area (Å²) in [6.07, 6.45) is 1.59. The van der Waals surface area contributed by atoms with E-state index >= 15 is 0 Å². The van der Waals surface area contributed by atoms with Crippen LogP contribution in [0.25, 0.3) is 0 Å². The van der Waals surface area contributed by atoms with E-state index in [4.69, 9.17) is 4.74 Å². The van der Waals surface area contributed by atoms with Crippen LogP contribution in [0, 0.1) is 0 Å². The first kappa shape index (κ1) is 18.5. The van der Waals surface area contributed by atoms with Crippen molar-refractivity contribution in [2.24, 2.45) is 5.10 Å². The quantitative estimate of drug-likeness (QED) is 0.487. The lowest BCUT2D eigenvalue weighted by molar-refractivity contribution is -0.119. The van der Waals surface area contributed by atoms with Crippen molar-refractivity contribution < 1.29 is 9.53 Å². The van der Waals surface area contributed by atoms with Gasteiger partial charge in [0.05, 0.1) is 19.4 Å². The molecule has 0 atom stereocenters. The van der Waals surface area contributed by atoms with Crippen LogP contribution in [0.1, 0.15) is 12.5 Å². The van der Waals surface area contributed by atoms with Gasteiger partial charge in [-0.3, -0.25) is 4.79 Å². The van der Waals surface area contributed by atoms with Gasteiger partial charge in [-0.15, -0.1) is 0 Å². The molecule has 7 heteroatoms. The van der Waals surface area contributed by atoms with Crippen LogP contribution in [0.5, 0.6) is 5.75 Å². The molecule has 1 amide bonds. The van der Waals surface area contributed by atoms with Crippen molar-refractivity contribution in [3.8, 4) is 5.75 Å². The van der Waals surface area contributed by atoms with Gasteiger partial charge < -0.3 is 10.1 Å². The Balaban J connectivity index is 1.80. The van der Waals surface area contributed by atoms with Crippen molar-refractivity contribution >= 4 is 49.7 Å². The normalized spacial score (nSPS) is 10.6. The van der Waals surface area contributed by atoms with Crippen molar-refractivity contribution in [3.63, 3.8) is 0 Å². The number of rotatable bonds is 7. The maximum atomic E-state index is 11.8. The number of amides is 1. The molecule has 0 bridgehead atoms. The van der Waals surface area contributed by atoms with Crippen LogP contribution in [0.15, 0.2) is 56.5 Å². The lowest BCUT2D eigenvalue weighted by Crippen LogP contribution is -2.26. The Morgan fingerprint density at radius 1 is 1.21 bits per heavy atom. The summed E-state index contributed by atoms with van der Waals surface area (Å²) >= 11 is 6.81. The van der Waals surface area contributed by atoms with Gasteiger partial charge >= 0.3 is 0 Å². The summed E-state index contributed by atoms with van der Waals surface area (Å²) < 4.78 is 7.20. The molecule has 2 aromatic carbocycles. The zero-order valence-corrected chi connectivity index (χ0v) is 16.2. The number of carbonyl (C=O) groups is 1. The summed E-state index contributed by atoms with van der Waals surface area (Å²) in [5, 5.41) is 6.98. The number of halogens is 2. The van der Waals surface area contributed by atoms with E-state index in [0.29, 0.717) is 6.61 Å². The average Bonchev–Trinajstić information content (AvgIpc) is 2.56. The van der Waals surface area contributed by atoms with E-state index in [2.05, 4.69) is 47.7 Å². The molecular formula is C17H17Br2N3O2. The number of nitrogens with one attached hydrogen (secondary N) is 2. The molecule has 0 saturated carbocycles. The number of hydrogen-bond acceptors (Lipinski definition) is 4. The number of ether oxygens (including phenoxy) is 1. The molecule has 0 radical (unpaired) electrons. The molecule has 0 heterocycles. The summed E-state index contributed by atoms with van der Waals surface area (Å²) in [6, 6.07) is 13.2. The molecule has 0 aliphatic rings. The van der Waals surface area contributed by atoms with Crippen molar-refractivity contribution in [2.75, 3.05) is 18.5 Å². The first-order valence-corrected chi connectivity index (χ1v) is 8.90. The third-order valence-electron chi connectivity index (χ3n) is 2.96. The van der Waals surface area contributed by atoms with E-state index in [1.807, 2.05) is 49.4 Å². The highest BCUT2D eigenvalue weighted by Gasteiger charge is 2.03. The molecule has 0 aromatic heterocycles. The zero-order valence-electron chi connectivity index (χ0n) is 13.1. The lowest BCUT2D eigenvalue weighted by atomic mass is 10.2. The number of benzene rings is 2. The van der Waals surface area contributed by atoms with Crippen LogP contribution in [0.4, 0.5) is 5.69 Å². The summed E-state index contributed by atoms with van der Waals surface area (Å²) in [7, 11) is 0. The smallest absolute Gasteiger partial charge is 0.259 e. The second-order valence-electron chi connectivity index (χ2n) is 4.77. The van der Waals surface area contributed by atoms with Crippen LogP contribution in [-0.4, -0.2) is 25.3 Å². The summed E-state index contributed by atoms with van der Waals surface area (Å²) in [5.41, 5.74) is 4.20. The lowest BCUT2D eigenvalue weighted by Gasteiger charge is -2.07. The maximum Gasteiger partial charge on any atom is 0.259 e. The monoisotopic (exact) mass is 453 g/mol. The van der Waals surface area contributed by atoms with Gasteiger partial charge in [-0.1, -0.05) is 15.9 Å². The molecule has 0 saturated heterocycles. The third-order valence-corrected chi connectivity index (χ3v) is 4.11. The van der Waals surface area contributed by atoms with Gasteiger partial charge in [0.1, 0.15) is 5.75 Å². The summed E-state index contributed by atoms with van der Waals surface area (Å²) in [6.45, 7) is 2.69. The Kier molecular flexibility index (Phi) is 7.27. The van der Waals surface area contributed by atoms with Crippen LogP contribution >= 0.6 is 31.9 Å². The van der Waals surface area contributed by atoms with Gasteiger partial charge in [-0.05, 0) is 70.9 Å². The maximum absolute atomic E-state index is 11.8. The highest BCUT2D eigenvalue weighted by molar-refractivity contribution is 9.11. The largest absolute Gasteiger partial charge is 0.494 e. The van der Waals surface area contributed by atoms with Gasteiger partial charge in [0.15, 0.2) is 0 Å². The van der Waals surface area contributed by atoms with E-state index in [1.54, 1.807) is 6.21 Å². The molecule has 0 spiro atoms. The second-order valence-corrected chi connectivity index (χ2v) is 6.54. The highest BCUT2D eigenvalue weighted by Crippen LogP contribution is 2.25. The SMILES string of the molecule is CCOc1ccc(/C=N/NC(=O)CNc2ccc(Br)cc2Br)cc1. The number of nitrogens with zero attached hydrogens (tertiary/aromatic N) is 1. The van der Waals surface area contributed by atoms with Gasteiger partial charge in [0.25, 0.3) is 5.91 Å². The Morgan fingerprint density at radius 3 is 2.62 bits per heavy atom. The summed E-state index contributed by atoms with van der Waals surface area (Å²) in [5.74, 6) is 0.579. The topological polar surface area (TPSA) is 62.7 Å². The second kappa shape index (κ2) is 9.44. The molecule has 24 heavy (non-hydrogen) atoms. The molecule has 0 fully saturated rings. The van der Waals surface area contributed by atoms with Crippen LogP contribution in [0.2, 0.25) is 0 Å². The first-order valence-electron chi connectivity index (χ1n) is 7.32. The molecule has 0 unspecified atom stereocenters. The van der Waals surface area contributed by atoms with E-state index in [9.17, 15) is 4.79 Å². The number of hydrogen-bond donors (Lipinski definition) is 2. The van der Waals surface area contributed by atoms with Crippen molar-refractivity contribution in [1.82, 2.24) is 5.43 Å². The molecule has 0 aliphatic carbocycles. The fourth-order valence-corrected chi connectivity index (χ4v) is 3.03. The minimum Gasteiger partial charge on any atom is -0.494 e. The van der Waals surface area contributed by atoms with Crippen molar-refractivity contribution in [1.29, 1.82) is 0 Å². The molecule has 5 nitrogen and oxygen atoms in total. The van der Waals surface area contributed by atoms with E-state index in [-0.39, 0.29) is 12.5 Å². The van der Waals surface area contributed by atoms with Crippen LogP contribution in [-0.2, 0) is 4.79 Å². The highest BCUT2D eigenvalue weighted by atomic mass is 79.9. The van der Waals surface area contributed by atoms with Gasteiger partial charge in [-0.25, -0.2) is 5.43 Å². The molecule has 2 N–H and O–H groups in total. The number of hydrazone groups is 1. The van der Waals surface area contributed by atoms with Gasteiger partial charge in [-0.2, -0.15) is 5.10 Å². The minimum absolute atomic E-state index is 0.126. The fraction of sp³-hybridized carbons (Fsp3) is 0.176. The van der Waals surface area contributed by atoms with E-state index in [1.165, 1.54) is 0 Å². The molecule has 2 rings (SSSR count). The van der Waals surface area contributed by atoms with E-state index in [0.717, 1.165) is 25.9 Å². The first-order chi connectivity index (χ1) is 11.6. The Bertz CT molecular complexity index is 718. The van der Waals surface area contributed by atoms with Gasteiger partial charge in [0.2, 0.25) is 0 Å². The molecule has 2 aromatic rings. The Morgan fingerprint density at radius 2 is 1.96 bits per heavy atom. The molecular weight excluding hydrogens is 438 g/mol. The Hall–Kier alpha value is -1.86. The predicted octanol–water partition coefficient (Wildman–Crippen LogP) is 4.17. The average molecular weight is 455 g/mol. The zero-order chi connectivity index (χ0) is 17.4. The predicted molar refractivity (Wildman–Crippen MR) is 104 cm³/mol. The van der Waals surface area contributed by atoms with Crippen LogP contribution in [0.3, 0.4) is 0 Å². The minimum atomic E-state index is -0.230. The van der Waals surface area contributed by atoms with Crippen molar-refractivity contribution in [3.05, 3.63) is 57.0 Å². The summed E-state index contributed by atoms with van der Waals surface area (Å²) in [4.78, 5) is 11.8.